The number of hydrogen-bond acceptors (Lipinski definition) is 9. The standard InChI is InChI=1S/C28H46O9/c1-14(2)16-7-9-27(4)11-18-17(8-10-28(18,33)13-35-6)15(3)21(29)25(20(16)27)37-26-24(32)23(31)22(30)19(36-26)12-34-5/h11,14-15,17,19,21-26,29-33H,7-10,12-13H2,1-6H3/b18-11+/t15-,17+,19-,21-,22-,23+,24-,25-,26-,27-,28+/m1/s1. The van der Waals surface area contributed by atoms with Gasteiger partial charge in [0.15, 0.2) is 6.29 Å². The summed E-state index contributed by atoms with van der Waals surface area (Å²) in [5.41, 5.74) is 1.48. The normalized spacial score (nSPS) is 47.9. The lowest BCUT2D eigenvalue weighted by Gasteiger charge is -2.46. The summed E-state index contributed by atoms with van der Waals surface area (Å²) < 4.78 is 22.9. The molecular weight excluding hydrogens is 480 g/mol. The van der Waals surface area contributed by atoms with Crippen LogP contribution >= 0.6 is 0 Å². The van der Waals surface area contributed by atoms with Crippen molar-refractivity contribution < 1.29 is 44.5 Å². The van der Waals surface area contributed by atoms with Crippen LogP contribution in [0.15, 0.2) is 22.8 Å². The summed E-state index contributed by atoms with van der Waals surface area (Å²) in [6.45, 7) is 8.54. The molecule has 9 heteroatoms. The Hall–Kier alpha value is -0.880. The maximum atomic E-state index is 11.9. The van der Waals surface area contributed by atoms with E-state index in [9.17, 15) is 25.5 Å². The Bertz CT molecular complexity index is 887. The number of aliphatic hydroxyl groups is 5. The lowest BCUT2D eigenvalue weighted by Crippen LogP contribution is -2.61. The number of methoxy groups -OCH3 is 2. The van der Waals surface area contributed by atoms with Crippen LogP contribution in [0.5, 0.6) is 0 Å². The van der Waals surface area contributed by atoms with Gasteiger partial charge < -0.3 is 44.5 Å². The van der Waals surface area contributed by atoms with Crippen LogP contribution in [-0.2, 0) is 18.9 Å². The molecule has 11 atom stereocenters. The highest BCUT2D eigenvalue weighted by atomic mass is 16.7. The number of allylic oxidation sites excluding steroid dienone is 2. The van der Waals surface area contributed by atoms with Gasteiger partial charge in [0.25, 0.3) is 0 Å². The Morgan fingerprint density at radius 1 is 1.03 bits per heavy atom. The van der Waals surface area contributed by atoms with Crippen molar-refractivity contribution in [3.05, 3.63) is 22.8 Å². The summed E-state index contributed by atoms with van der Waals surface area (Å²) in [6, 6.07) is 0. The van der Waals surface area contributed by atoms with Gasteiger partial charge in [-0.1, -0.05) is 39.3 Å². The second-order valence-corrected chi connectivity index (χ2v) is 12.1. The van der Waals surface area contributed by atoms with Crippen molar-refractivity contribution >= 4 is 0 Å². The van der Waals surface area contributed by atoms with E-state index >= 15 is 0 Å². The van der Waals surface area contributed by atoms with Crippen LogP contribution in [0, 0.1) is 23.2 Å². The van der Waals surface area contributed by atoms with E-state index in [1.807, 2.05) is 6.92 Å². The summed E-state index contributed by atoms with van der Waals surface area (Å²) in [5.74, 6) is -0.126. The molecule has 0 amide bonds. The molecule has 4 rings (SSSR count). The van der Waals surface area contributed by atoms with Crippen LogP contribution in [0.3, 0.4) is 0 Å². The van der Waals surface area contributed by atoms with E-state index in [0.717, 1.165) is 24.0 Å². The molecule has 0 bridgehead atoms. The van der Waals surface area contributed by atoms with Gasteiger partial charge in [-0.2, -0.15) is 0 Å². The van der Waals surface area contributed by atoms with E-state index in [-0.39, 0.29) is 31.0 Å². The molecule has 1 heterocycles. The Labute approximate surface area is 220 Å². The van der Waals surface area contributed by atoms with Crippen LogP contribution in [0.2, 0.25) is 0 Å². The summed E-state index contributed by atoms with van der Waals surface area (Å²) in [5, 5.41) is 55.2. The molecule has 3 aliphatic carbocycles. The van der Waals surface area contributed by atoms with Gasteiger partial charge in [-0.05, 0) is 54.6 Å². The average Bonchev–Trinajstić information content (AvgIpc) is 3.34. The van der Waals surface area contributed by atoms with Crippen LogP contribution in [0.25, 0.3) is 0 Å². The maximum absolute atomic E-state index is 11.9. The largest absolute Gasteiger partial charge is 0.390 e. The molecule has 9 nitrogen and oxygen atoms in total. The average molecular weight is 527 g/mol. The van der Waals surface area contributed by atoms with Crippen molar-refractivity contribution in [3.63, 3.8) is 0 Å². The third-order valence-electron chi connectivity index (χ3n) is 9.28. The van der Waals surface area contributed by atoms with Gasteiger partial charge in [-0.3, -0.25) is 0 Å². The second kappa shape index (κ2) is 10.9. The van der Waals surface area contributed by atoms with E-state index in [1.165, 1.54) is 12.7 Å². The number of rotatable bonds is 7. The molecule has 1 aliphatic heterocycles. The van der Waals surface area contributed by atoms with E-state index in [1.54, 1.807) is 7.11 Å². The minimum Gasteiger partial charge on any atom is -0.390 e. The van der Waals surface area contributed by atoms with Crippen LogP contribution in [0.4, 0.5) is 0 Å². The van der Waals surface area contributed by atoms with Crippen LogP contribution < -0.4 is 0 Å². The second-order valence-electron chi connectivity index (χ2n) is 12.1. The highest BCUT2D eigenvalue weighted by Gasteiger charge is 2.55. The third-order valence-corrected chi connectivity index (χ3v) is 9.28. The predicted octanol–water partition coefficient (Wildman–Crippen LogP) is 1.30. The molecule has 0 spiro atoms. The SMILES string of the molecule is COC[C@H]1O[C@H](O[C@@H]2C3=C(C(C)C)CC[C@]3(C)/C=C3\[C@@H](CC[C@]3(O)COC)[C@@H](C)[C@H]2O)[C@H](O)[C@@H](O)[C@@H]1O. The molecule has 0 aromatic carbocycles. The zero-order valence-corrected chi connectivity index (χ0v) is 23.0. The molecule has 0 aromatic rings. The quantitative estimate of drug-likeness (QED) is 0.311. The molecule has 1 saturated carbocycles. The molecule has 0 unspecified atom stereocenters. The fourth-order valence-corrected chi connectivity index (χ4v) is 7.16. The number of fused-ring (bicyclic) bond motifs is 2. The van der Waals surface area contributed by atoms with Crippen molar-refractivity contribution in [2.45, 2.75) is 102 Å². The minimum absolute atomic E-state index is 0.0122. The molecule has 37 heavy (non-hydrogen) atoms. The Morgan fingerprint density at radius 2 is 1.73 bits per heavy atom. The van der Waals surface area contributed by atoms with Crippen molar-refractivity contribution in [2.24, 2.45) is 23.2 Å². The molecule has 0 aromatic heterocycles. The zero-order valence-electron chi connectivity index (χ0n) is 23.0. The molecule has 5 N–H and O–H groups in total. The first kappa shape index (κ1) is 29.1. The monoisotopic (exact) mass is 526 g/mol. The van der Waals surface area contributed by atoms with Crippen molar-refractivity contribution in [3.8, 4) is 0 Å². The number of aliphatic hydroxyl groups excluding tert-OH is 4. The van der Waals surface area contributed by atoms with Gasteiger partial charge in [0.1, 0.15) is 36.1 Å². The number of ether oxygens (including phenoxy) is 4. The van der Waals surface area contributed by atoms with E-state index < -0.39 is 53.9 Å². The van der Waals surface area contributed by atoms with Crippen molar-refractivity contribution in [2.75, 3.05) is 27.4 Å². The van der Waals surface area contributed by atoms with Gasteiger partial charge in [0, 0.05) is 19.6 Å². The summed E-state index contributed by atoms with van der Waals surface area (Å²) in [7, 11) is 3.05. The molecule has 1 saturated heterocycles. The highest BCUT2D eigenvalue weighted by Crippen LogP contribution is 2.56. The predicted molar refractivity (Wildman–Crippen MR) is 135 cm³/mol. The molecule has 0 radical (unpaired) electrons. The molecule has 212 valence electrons. The molecule has 4 aliphatic rings. The first-order valence-electron chi connectivity index (χ1n) is 13.6. The van der Waals surface area contributed by atoms with E-state index in [4.69, 9.17) is 18.9 Å². The van der Waals surface area contributed by atoms with Crippen molar-refractivity contribution in [1.29, 1.82) is 0 Å². The van der Waals surface area contributed by atoms with Crippen LogP contribution in [-0.4, -0.2) is 101 Å². The fraction of sp³-hybridized carbons (Fsp3) is 0.857. The van der Waals surface area contributed by atoms with Crippen LogP contribution in [0.1, 0.15) is 53.4 Å². The molecular formula is C28H46O9. The summed E-state index contributed by atoms with van der Waals surface area (Å²) in [6.07, 6.45) is -3.16. The smallest absolute Gasteiger partial charge is 0.187 e. The highest BCUT2D eigenvalue weighted by molar-refractivity contribution is 5.42. The number of hydrogen-bond donors (Lipinski definition) is 5. The lowest BCUT2D eigenvalue weighted by atomic mass is 9.68. The Morgan fingerprint density at radius 3 is 2.35 bits per heavy atom. The first-order chi connectivity index (χ1) is 17.4. The summed E-state index contributed by atoms with van der Waals surface area (Å²) in [4.78, 5) is 0. The fourth-order valence-electron chi connectivity index (χ4n) is 7.16. The minimum atomic E-state index is -1.50. The maximum Gasteiger partial charge on any atom is 0.187 e. The van der Waals surface area contributed by atoms with Gasteiger partial charge >= 0.3 is 0 Å². The zero-order chi connectivity index (χ0) is 27.3. The Balaban J connectivity index is 1.79. The van der Waals surface area contributed by atoms with E-state index in [0.29, 0.717) is 12.8 Å². The van der Waals surface area contributed by atoms with Gasteiger partial charge in [0.05, 0.1) is 19.3 Å². The Kier molecular flexibility index (Phi) is 8.61. The topological polar surface area (TPSA) is 138 Å². The van der Waals surface area contributed by atoms with Crippen molar-refractivity contribution in [1.82, 2.24) is 0 Å². The molecule has 2 fully saturated rings. The first-order valence-corrected chi connectivity index (χ1v) is 13.6. The van der Waals surface area contributed by atoms with Gasteiger partial charge in [-0.15, -0.1) is 0 Å². The van der Waals surface area contributed by atoms with E-state index in [2.05, 4.69) is 26.8 Å². The van der Waals surface area contributed by atoms with Gasteiger partial charge in [0.2, 0.25) is 0 Å². The van der Waals surface area contributed by atoms with Gasteiger partial charge in [-0.25, -0.2) is 0 Å². The summed E-state index contributed by atoms with van der Waals surface area (Å²) >= 11 is 0. The third kappa shape index (κ3) is 5.08. The lowest BCUT2D eigenvalue weighted by molar-refractivity contribution is -0.316.